The molecule has 0 bridgehead atoms. The van der Waals surface area contributed by atoms with E-state index < -0.39 is 5.95 Å². The molecule has 4 heteroatoms. The molecule has 1 aromatic rings. The third-order valence-electron chi connectivity index (χ3n) is 2.85. The van der Waals surface area contributed by atoms with Crippen molar-refractivity contribution in [2.45, 2.75) is 33.2 Å². The van der Waals surface area contributed by atoms with E-state index >= 15 is 0 Å². The number of amides is 1. The second-order valence-corrected chi connectivity index (χ2v) is 4.02. The summed E-state index contributed by atoms with van der Waals surface area (Å²) < 4.78 is 12.6. The van der Waals surface area contributed by atoms with Gasteiger partial charge >= 0.3 is 0 Å². The molecule has 2 unspecified atom stereocenters. The highest BCUT2D eigenvalue weighted by Gasteiger charge is 2.14. The van der Waals surface area contributed by atoms with E-state index in [1.807, 2.05) is 6.92 Å². The van der Waals surface area contributed by atoms with Crippen molar-refractivity contribution in [2.24, 2.45) is 5.92 Å². The molecule has 1 N–H and O–H groups in total. The topological polar surface area (TPSA) is 42.0 Å². The van der Waals surface area contributed by atoms with Crippen LogP contribution in [0.3, 0.4) is 0 Å². The Bertz CT molecular complexity index is 351. The summed E-state index contributed by atoms with van der Waals surface area (Å²) in [6.45, 7) is 6.11. The van der Waals surface area contributed by atoms with Gasteiger partial charge < -0.3 is 5.32 Å². The zero-order chi connectivity index (χ0) is 12.1. The lowest BCUT2D eigenvalue weighted by Crippen LogP contribution is -2.36. The summed E-state index contributed by atoms with van der Waals surface area (Å²) in [6, 6.07) is 2.71. The average molecular weight is 224 g/mol. The van der Waals surface area contributed by atoms with E-state index in [1.165, 1.54) is 18.3 Å². The minimum absolute atomic E-state index is 0.0996. The molecule has 0 aliphatic rings. The number of carbonyl (C=O) groups excluding carboxylic acids is 1. The molecule has 0 saturated heterocycles. The fourth-order valence-electron chi connectivity index (χ4n) is 1.30. The monoisotopic (exact) mass is 224 g/mol. The Morgan fingerprint density at radius 3 is 2.69 bits per heavy atom. The van der Waals surface area contributed by atoms with Crippen LogP contribution in [0, 0.1) is 11.9 Å². The zero-order valence-electron chi connectivity index (χ0n) is 9.83. The van der Waals surface area contributed by atoms with Crippen molar-refractivity contribution < 1.29 is 9.18 Å². The van der Waals surface area contributed by atoms with Crippen LogP contribution in [0.2, 0.25) is 0 Å². The Morgan fingerprint density at radius 2 is 2.19 bits per heavy atom. The number of hydrogen-bond donors (Lipinski definition) is 1. The Morgan fingerprint density at radius 1 is 1.50 bits per heavy atom. The van der Waals surface area contributed by atoms with Crippen molar-refractivity contribution in [3.05, 3.63) is 29.8 Å². The second kappa shape index (κ2) is 5.58. The van der Waals surface area contributed by atoms with Gasteiger partial charge in [0.05, 0.1) is 5.56 Å². The fourth-order valence-corrected chi connectivity index (χ4v) is 1.30. The molecule has 0 aromatic carbocycles. The molecule has 1 aromatic heterocycles. The van der Waals surface area contributed by atoms with Gasteiger partial charge in [-0.3, -0.25) is 4.79 Å². The molecule has 16 heavy (non-hydrogen) atoms. The molecule has 0 aliphatic carbocycles. The van der Waals surface area contributed by atoms with Crippen LogP contribution in [0.25, 0.3) is 0 Å². The van der Waals surface area contributed by atoms with Crippen LogP contribution >= 0.6 is 0 Å². The summed E-state index contributed by atoms with van der Waals surface area (Å²) in [4.78, 5) is 15.2. The van der Waals surface area contributed by atoms with Crippen molar-refractivity contribution in [2.75, 3.05) is 0 Å². The average Bonchev–Trinajstić information content (AvgIpc) is 2.28. The van der Waals surface area contributed by atoms with Gasteiger partial charge in [0, 0.05) is 12.2 Å². The number of hydrogen-bond acceptors (Lipinski definition) is 2. The molecular formula is C12H17FN2O. The van der Waals surface area contributed by atoms with Gasteiger partial charge in [-0.15, -0.1) is 0 Å². The molecule has 0 fully saturated rings. The van der Waals surface area contributed by atoms with Crippen LogP contribution in [0.1, 0.15) is 37.6 Å². The predicted molar refractivity (Wildman–Crippen MR) is 60.6 cm³/mol. The quantitative estimate of drug-likeness (QED) is 0.798. The summed E-state index contributed by atoms with van der Waals surface area (Å²) in [5.74, 6) is -0.371. The molecule has 1 rings (SSSR count). The summed E-state index contributed by atoms with van der Waals surface area (Å²) >= 11 is 0. The Kier molecular flexibility index (Phi) is 4.40. The highest BCUT2D eigenvalue weighted by atomic mass is 19.1. The third-order valence-corrected chi connectivity index (χ3v) is 2.85. The molecule has 2 atom stereocenters. The smallest absolute Gasteiger partial charge is 0.253 e. The van der Waals surface area contributed by atoms with E-state index in [4.69, 9.17) is 0 Å². The molecule has 3 nitrogen and oxygen atoms in total. The Balaban J connectivity index is 2.62. The predicted octanol–water partition coefficient (Wildman–Crippen LogP) is 2.39. The van der Waals surface area contributed by atoms with E-state index in [2.05, 4.69) is 24.1 Å². The SMILES string of the molecule is CCC(C)C(C)NC(=O)c1ccc(F)nc1. The maximum atomic E-state index is 12.6. The normalized spacial score (nSPS) is 14.2. The number of nitrogens with zero attached hydrogens (tertiary/aromatic N) is 1. The second-order valence-electron chi connectivity index (χ2n) is 4.02. The minimum Gasteiger partial charge on any atom is -0.349 e. The third kappa shape index (κ3) is 3.29. The number of carbonyl (C=O) groups is 1. The molecular weight excluding hydrogens is 207 g/mol. The molecule has 0 aliphatic heterocycles. The lowest BCUT2D eigenvalue weighted by atomic mass is 10.0. The summed E-state index contributed by atoms with van der Waals surface area (Å²) in [6.07, 6.45) is 2.25. The standard InChI is InChI=1S/C12H17FN2O/c1-4-8(2)9(3)15-12(16)10-5-6-11(13)14-7-10/h5-9H,4H2,1-3H3,(H,15,16). The van der Waals surface area contributed by atoms with Gasteiger partial charge in [0.15, 0.2) is 0 Å². The molecule has 88 valence electrons. The van der Waals surface area contributed by atoms with E-state index in [9.17, 15) is 9.18 Å². The van der Waals surface area contributed by atoms with Crippen molar-refractivity contribution in [1.29, 1.82) is 0 Å². The van der Waals surface area contributed by atoms with E-state index in [0.717, 1.165) is 6.42 Å². The highest BCUT2D eigenvalue weighted by molar-refractivity contribution is 5.93. The molecule has 1 heterocycles. The maximum absolute atomic E-state index is 12.6. The number of pyridine rings is 1. The van der Waals surface area contributed by atoms with E-state index in [-0.39, 0.29) is 11.9 Å². The van der Waals surface area contributed by atoms with Gasteiger partial charge in [-0.05, 0) is 25.0 Å². The molecule has 1 amide bonds. The van der Waals surface area contributed by atoms with Crippen LogP contribution in [-0.2, 0) is 0 Å². The first-order valence-corrected chi connectivity index (χ1v) is 5.47. The summed E-state index contributed by atoms with van der Waals surface area (Å²) in [5.41, 5.74) is 0.386. The van der Waals surface area contributed by atoms with Gasteiger partial charge in [0.2, 0.25) is 5.95 Å². The summed E-state index contributed by atoms with van der Waals surface area (Å²) in [7, 11) is 0. The Labute approximate surface area is 95.1 Å². The van der Waals surface area contributed by atoms with Gasteiger partial charge in [-0.1, -0.05) is 20.3 Å². The molecule has 0 radical (unpaired) electrons. The van der Waals surface area contributed by atoms with Crippen molar-refractivity contribution in [3.63, 3.8) is 0 Å². The van der Waals surface area contributed by atoms with E-state index in [1.54, 1.807) is 0 Å². The number of nitrogens with one attached hydrogen (secondary N) is 1. The van der Waals surface area contributed by atoms with Crippen molar-refractivity contribution in [3.8, 4) is 0 Å². The number of rotatable bonds is 4. The highest BCUT2D eigenvalue weighted by Crippen LogP contribution is 2.08. The first-order valence-electron chi connectivity index (χ1n) is 5.47. The van der Waals surface area contributed by atoms with Gasteiger partial charge in [-0.25, -0.2) is 4.98 Å². The van der Waals surface area contributed by atoms with Crippen molar-refractivity contribution in [1.82, 2.24) is 10.3 Å². The first kappa shape index (κ1) is 12.6. The Hall–Kier alpha value is -1.45. The number of halogens is 1. The molecule has 0 saturated carbocycles. The maximum Gasteiger partial charge on any atom is 0.253 e. The number of aromatic nitrogens is 1. The minimum atomic E-state index is -0.577. The van der Waals surface area contributed by atoms with Crippen molar-refractivity contribution >= 4 is 5.91 Å². The van der Waals surface area contributed by atoms with E-state index in [0.29, 0.717) is 11.5 Å². The van der Waals surface area contributed by atoms with Crippen LogP contribution in [0.15, 0.2) is 18.3 Å². The largest absolute Gasteiger partial charge is 0.349 e. The summed E-state index contributed by atoms with van der Waals surface area (Å²) in [5, 5.41) is 2.86. The van der Waals surface area contributed by atoms with Gasteiger partial charge in [0.25, 0.3) is 5.91 Å². The van der Waals surface area contributed by atoms with Crippen LogP contribution in [0.4, 0.5) is 4.39 Å². The first-order chi connectivity index (χ1) is 7.54. The van der Waals surface area contributed by atoms with Gasteiger partial charge in [-0.2, -0.15) is 4.39 Å². The van der Waals surface area contributed by atoms with Crippen LogP contribution < -0.4 is 5.32 Å². The van der Waals surface area contributed by atoms with Crippen LogP contribution in [0.5, 0.6) is 0 Å². The fraction of sp³-hybridized carbons (Fsp3) is 0.500. The lowest BCUT2D eigenvalue weighted by molar-refractivity contribution is 0.0927. The lowest BCUT2D eigenvalue weighted by Gasteiger charge is -2.19. The molecule has 0 spiro atoms. The zero-order valence-corrected chi connectivity index (χ0v) is 9.83. The van der Waals surface area contributed by atoms with Gasteiger partial charge in [0.1, 0.15) is 0 Å². The van der Waals surface area contributed by atoms with Crippen LogP contribution in [-0.4, -0.2) is 16.9 Å².